The van der Waals surface area contributed by atoms with Crippen molar-refractivity contribution >= 4 is 39.2 Å². The first-order valence-corrected chi connectivity index (χ1v) is 26.6. The van der Waals surface area contributed by atoms with Gasteiger partial charge in [0.2, 0.25) is 11.8 Å². The number of imidazole rings is 1. The number of aryl methyl sites for hydroxylation is 1. The molecular weight excluding hydrogens is 2310 g/mol. The smallest absolute Gasteiger partial charge is 0.378 e. The summed E-state index contributed by atoms with van der Waals surface area (Å²) in [6.07, 6.45) is 13.0. The summed E-state index contributed by atoms with van der Waals surface area (Å²) in [5, 5.41) is 0.635. The Bertz CT molecular complexity index is 3730. The topological polar surface area (TPSA) is 82.5 Å². The van der Waals surface area contributed by atoms with Crippen molar-refractivity contribution in [3.8, 4) is 0 Å². The average molecular weight is 2350 g/mol. The van der Waals surface area contributed by atoms with E-state index in [0.29, 0.717) is 51.8 Å². The molecule has 0 saturated heterocycles. The number of rotatable bonds is 5. The van der Waals surface area contributed by atoms with E-state index in [1.807, 2.05) is 26.0 Å². The minimum atomic E-state index is -6.32. The van der Waals surface area contributed by atoms with Crippen LogP contribution in [0.4, 0.5) is 123 Å². The molecule has 0 spiro atoms. The van der Waals surface area contributed by atoms with Gasteiger partial charge in [-0.1, -0.05) is 77.1 Å². The number of hydrogen-bond donors (Lipinski definition) is 0. The third-order valence-corrected chi connectivity index (χ3v) is 16.3. The number of oxazole rings is 1. The normalized spacial score (nSPS) is 23.9. The molecule has 0 atom stereocenters. The Morgan fingerprint density at radius 1 is 0.408 bits per heavy atom. The molecule has 5 aromatic heterocycles. The Morgan fingerprint density at radius 2 is 0.847 bits per heavy atom. The Balaban J connectivity index is 0.000000606. The van der Waals surface area contributed by atoms with Crippen LogP contribution in [0.2, 0.25) is 0 Å². The van der Waals surface area contributed by atoms with E-state index < -0.39 is 138 Å². The van der Waals surface area contributed by atoms with E-state index in [1.165, 1.54) is 29.8 Å². The van der Waals surface area contributed by atoms with Crippen LogP contribution < -0.4 is 0 Å². The maximum absolute atomic E-state index is 14.3. The number of allylic oxidation sites excluding steroid dienone is 10. The van der Waals surface area contributed by atoms with Gasteiger partial charge in [0.05, 0.1) is 17.6 Å². The summed E-state index contributed by atoms with van der Waals surface area (Å²) in [5.74, 6) is -75.5. The van der Waals surface area contributed by atoms with Crippen molar-refractivity contribution < 1.29 is 228 Å². The van der Waals surface area contributed by atoms with Crippen molar-refractivity contribution in [1.82, 2.24) is 29.5 Å². The van der Waals surface area contributed by atoms with Gasteiger partial charge < -0.3 is 33.9 Å². The number of pyridine rings is 2. The number of halogens is 28. The van der Waals surface area contributed by atoms with Crippen molar-refractivity contribution in [2.45, 2.75) is 151 Å². The minimum absolute atomic E-state index is 0. The summed E-state index contributed by atoms with van der Waals surface area (Å²) in [4.78, 5) is 17.4. The van der Waals surface area contributed by atoms with Crippen molar-refractivity contribution in [1.29, 1.82) is 0 Å². The maximum Gasteiger partial charge on any atom is 0.378 e. The third-order valence-electron chi connectivity index (χ3n) is 15.5. The molecule has 0 saturated carbocycles. The first-order chi connectivity index (χ1) is 41.5. The monoisotopic (exact) mass is 2360 g/mol. The van der Waals surface area contributed by atoms with Crippen molar-refractivity contribution in [2.75, 3.05) is 0 Å². The molecule has 7 nitrogen and oxygen atoms in total. The predicted molar refractivity (Wildman–Crippen MR) is 273 cm³/mol. The van der Waals surface area contributed by atoms with Gasteiger partial charge in [-0.05, 0) is 60.1 Å². The zero-order valence-electron chi connectivity index (χ0n) is 50.3. The van der Waals surface area contributed by atoms with Gasteiger partial charge in [0, 0.05) is 143 Å². The Hall–Kier alpha value is -3.66. The maximum atomic E-state index is 14.3. The van der Waals surface area contributed by atoms with E-state index in [0.717, 1.165) is 51.1 Å². The predicted octanol–water partition coefficient (Wildman–Crippen LogP) is 18.7. The molecule has 0 amide bonds. The summed E-state index contributed by atoms with van der Waals surface area (Å²) in [6.45, 7) is 14.9. The Labute approximate surface area is 609 Å². The molecule has 0 aromatic carbocycles. The molecule has 5 aliphatic carbocycles. The fraction of sp³-hybridized carbons (Fsp3) is 0.491. The quantitative estimate of drug-likeness (QED) is 0.129. The summed E-state index contributed by atoms with van der Waals surface area (Å²) in [7, 11) is 1.05. The second-order valence-corrected chi connectivity index (χ2v) is 24.2. The van der Waals surface area contributed by atoms with Gasteiger partial charge in [0.25, 0.3) is 23.7 Å². The molecular formula is C57H43F28Ir5N6OS-5. The zero-order valence-corrected chi connectivity index (χ0v) is 63.0. The van der Waals surface area contributed by atoms with E-state index >= 15 is 0 Å². The molecule has 5 aromatic rings. The average Bonchev–Trinajstić information content (AvgIpc) is 1.19. The third kappa shape index (κ3) is 14.9. The Kier molecular flexibility index (Phi) is 27.4. The van der Waals surface area contributed by atoms with E-state index in [1.54, 1.807) is 26.1 Å². The largest absolute Gasteiger partial charge is 0.532 e. The molecule has 0 N–H and O–H groups in total. The van der Waals surface area contributed by atoms with Gasteiger partial charge >= 0.3 is 47.4 Å². The van der Waals surface area contributed by atoms with E-state index in [2.05, 4.69) is 56.2 Å². The van der Waals surface area contributed by atoms with Gasteiger partial charge in [-0.25, -0.2) is 64.0 Å². The zero-order chi connectivity index (χ0) is 71.6. The van der Waals surface area contributed by atoms with Crippen molar-refractivity contribution in [3.05, 3.63) is 143 Å². The summed E-state index contributed by atoms with van der Waals surface area (Å²) >= 11 is 0.567. The van der Waals surface area contributed by atoms with Gasteiger partial charge in [0.15, 0.2) is 0 Å². The second kappa shape index (κ2) is 29.1. The molecule has 98 heavy (non-hydrogen) atoms. The van der Waals surface area contributed by atoms with Crippen LogP contribution in [0, 0.1) is 46.6 Å². The first kappa shape index (κ1) is 92.3. The van der Waals surface area contributed by atoms with Crippen LogP contribution >= 0.6 is 11.3 Å². The molecule has 559 valence electrons. The van der Waals surface area contributed by atoms with Crippen LogP contribution in [0.25, 0.3) is 27.9 Å². The minimum Gasteiger partial charge on any atom is -0.532 e. The summed E-state index contributed by atoms with van der Waals surface area (Å²) in [5.41, 5.74) is -9.01. The molecule has 0 aliphatic heterocycles. The number of alkyl halides is 28. The van der Waals surface area contributed by atoms with E-state index in [9.17, 15) is 123 Å². The first-order valence-electron chi connectivity index (χ1n) is 25.7. The number of thiazole rings is 1. The van der Waals surface area contributed by atoms with Crippen LogP contribution in [0.1, 0.15) is 96.0 Å². The number of nitrogens with zero attached hydrogens (tertiary/aromatic N) is 6. The molecule has 0 bridgehead atoms. The van der Waals surface area contributed by atoms with Gasteiger partial charge in [-0.15, -0.1) is 28.9 Å². The molecule has 0 unspecified atom stereocenters. The molecule has 0 fully saturated rings. The fourth-order valence-electron chi connectivity index (χ4n) is 8.50. The molecule has 5 radical (unpaired) electrons. The number of aromatic nitrogens is 6. The SMILES string of the molecule is CC(C)(C)c1ccnc(C2=[C-]C(F)(F)C(C)(C)C2(C)C)c1.CC1(C)C(F)(F)[C-]=C(c2ccccn2)C1(F)F.Cn1ccnc1C1=[C-]C(F)(F)C(F)(F)C(F)(F)C1(F)F.FC1(F)[C-]=C(c2ncco2)C(F)(F)C(F)(F)C1(F)F.FC1(F)[C-]=C(c2nccs2)C(F)(F)C1(F)F.[Ir].[Ir].[Ir].[Ir].[Ir]. The van der Waals surface area contributed by atoms with Crippen molar-refractivity contribution in [2.24, 2.45) is 23.3 Å². The molecule has 5 heterocycles. The van der Waals surface area contributed by atoms with Crippen LogP contribution in [0.3, 0.4) is 0 Å². The Morgan fingerprint density at radius 3 is 1.22 bits per heavy atom. The van der Waals surface area contributed by atoms with E-state index in [-0.39, 0.29) is 112 Å². The fourth-order valence-corrected chi connectivity index (χ4v) is 9.17. The number of hydrogen-bond acceptors (Lipinski definition) is 7. The summed E-state index contributed by atoms with van der Waals surface area (Å²) < 4.78 is 375. The van der Waals surface area contributed by atoms with Crippen LogP contribution in [-0.4, -0.2) is 112 Å². The molecule has 41 heteroatoms. The van der Waals surface area contributed by atoms with Crippen LogP contribution in [0.15, 0.2) is 83.6 Å². The van der Waals surface area contributed by atoms with Gasteiger partial charge in [-0.3, -0.25) is 0 Å². The molecule has 10 rings (SSSR count). The summed E-state index contributed by atoms with van der Waals surface area (Å²) in [6, 6.07) is 8.13. The van der Waals surface area contributed by atoms with Crippen LogP contribution in [-0.2, 0) is 113 Å². The van der Waals surface area contributed by atoms with Crippen LogP contribution in [0.5, 0.6) is 0 Å². The van der Waals surface area contributed by atoms with E-state index in [4.69, 9.17) is 0 Å². The second-order valence-electron chi connectivity index (χ2n) is 23.3. The van der Waals surface area contributed by atoms with Gasteiger partial charge in [0.1, 0.15) is 0 Å². The standard InChI is InChI=1S/C18H24F2N.C12H10F4N.C10H5F8N2.C9H2F8NO.C8H2F6NS.5Ir/c1-15(2,3)12-8-9-21-14(10-12)13-11-18(19,20)17(6,7)16(13,4)5;1-10(2)11(13,14)7-8(12(10,15)16)9-5-3-4-6-17-9;1-20-3-2-19-6(20)5-4-7(11,12)9(15,16)10(17,18)8(5,13)14;10-6(11)3-4(5-18-1-2-19-5)7(12,13)9(16,17)8(6,14)15;9-6(10)3-4(5-15-1-2-16-5)7(11,12)8(6,13)14;;;;;/h8-10H,1-7H3;3-6H,1-2H3;2-3H,1H3;1-2H;1-2H;;;;;/q5*-1;;;;;. The van der Waals surface area contributed by atoms with Gasteiger partial charge in [-0.2, -0.15) is 106 Å². The molecule has 5 aliphatic rings. The van der Waals surface area contributed by atoms with Crippen molar-refractivity contribution in [3.63, 3.8) is 0 Å².